The lowest BCUT2D eigenvalue weighted by atomic mass is 10.1. The van der Waals surface area contributed by atoms with Crippen molar-refractivity contribution in [2.24, 2.45) is 0 Å². The van der Waals surface area contributed by atoms with Crippen LogP contribution in [0.1, 0.15) is 24.5 Å². The third-order valence-electron chi connectivity index (χ3n) is 3.18. The van der Waals surface area contributed by atoms with Crippen LogP contribution in [0.25, 0.3) is 0 Å². The van der Waals surface area contributed by atoms with Gasteiger partial charge >= 0.3 is 0 Å². The van der Waals surface area contributed by atoms with Crippen molar-refractivity contribution in [1.82, 2.24) is 4.90 Å². The summed E-state index contributed by atoms with van der Waals surface area (Å²) in [4.78, 5) is 15.5. The van der Waals surface area contributed by atoms with Crippen LogP contribution in [0.15, 0.2) is 18.2 Å². The second-order valence-electron chi connectivity index (χ2n) is 4.98. The molecular formula is C15H24N2O2. The van der Waals surface area contributed by atoms with Crippen molar-refractivity contribution in [2.75, 3.05) is 32.1 Å². The molecule has 0 aromatic heterocycles. The van der Waals surface area contributed by atoms with Gasteiger partial charge in [0.15, 0.2) is 0 Å². The number of carbonyl (C=O) groups excluding carboxylic acids is 1. The maximum Gasteiger partial charge on any atom is 0.241 e. The van der Waals surface area contributed by atoms with Crippen molar-refractivity contribution in [2.45, 2.75) is 26.9 Å². The van der Waals surface area contributed by atoms with Crippen LogP contribution in [0.2, 0.25) is 0 Å². The largest absolute Gasteiger partial charge is 0.392 e. The molecular weight excluding hydrogens is 240 g/mol. The van der Waals surface area contributed by atoms with Crippen molar-refractivity contribution >= 4 is 11.6 Å². The molecule has 19 heavy (non-hydrogen) atoms. The predicted octanol–water partition coefficient (Wildman–Crippen LogP) is 1.79. The van der Waals surface area contributed by atoms with Gasteiger partial charge in [-0.3, -0.25) is 4.79 Å². The summed E-state index contributed by atoms with van der Waals surface area (Å²) >= 11 is 0. The maximum atomic E-state index is 11.9. The van der Waals surface area contributed by atoms with Gasteiger partial charge in [0.25, 0.3) is 0 Å². The number of benzene rings is 1. The van der Waals surface area contributed by atoms with E-state index in [0.29, 0.717) is 6.54 Å². The molecule has 1 amide bonds. The molecule has 1 N–H and O–H groups in total. The normalized spacial score (nSPS) is 10.4. The fraction of sp³-hybridized carbons (Fsp3) is 0.533. The molecule has 1 rings (SSSR count). The van der Waals surface area contributed by atoms with Gasteiger partial charge in [-0.2, -0.15) is 0 Å². The Balaban J connectivity index is 2.92. The zero-order valence-corrected chi connectivity index (χ0v) is 12.3. The molecule has 0 radical (unpaired) electrons. The Morgan fingerprint density at radius 1 is 1.32 bits per heavy atom. The first-order valence-corrected chi connectivity index (χ1v) is 6.65. The van der Waals surface area contributed by atoms with Crippen LogP contribution >= 0.6 is 0 Å². The van der Waals surface area contributed by atoms with Gasteiger partial charge in [-0.1, -0.05) is 13.0 Å². The van der Waals surface area contributed by atoms with Gasteiger partial charge < -0.3 is 14.9 Å². The number of hydrogen-bond donors (Lipinski definition) is 1. The Morgan fingerprint density at radius 2 is 2.00 bits per heavy atom. The highest BCUT2D eigenvalue weighted by molar-refractivity contribution is 5.81. The highest BCUT2D eigenvalue weighted by Crippen LogP contribution is 2.19. The smallest absolute Gasteiger partial charge is 0.241 e. The molecule has 1 aromatic rings. The maximum absolute atomic E-state index is 11.9. The molecule has 4 heteroatoms. The first kappa shape index (κ1) is 15.5. The summed E-state index contributed by atoms with van der Waals surface area (Å²) in [6, 6.07) is 5.93. The second-order valence-corrected chi connectivity index (χ2v) is 4.98. The zero-order valence-electron chi connectivity index (χ0n) is 12.3. The molecule has 0 saturated heterocycles. The number of hydrogen-bond acceptors (Lipinski definition) is 3. The number of rotatable bonds is 6. The molecule has 0 fully saturated rings. The van der Waals surface area contributed by atoms with E-state index < -0.39 is 0 Å². The number of likely N-dealkylation sites (N-methyl/N-ethyl adjacent to an activating group) is 1. The number of amides is 1. The van der Waals surface area contributed by atoms with Gasteiger partial charge in [-0.25, -0.2) is 0 Å². The van der Waals surface area contributed by atoms with E-state index in [2.05, 4.69) is 11.8 Å². The van der Waals surface area contributed by atoms with E-state index >= 15 is 0 Å². The molecule has 1 aromatic carbocycles. The average Bonchev–Trinajstić information content (AvgIpc) is 2.37. The number of nitrogens with zero attached hydrogens (tertiary/aromatic N) is 2. The standard InChI is InChI=1S/C15H24N2O2/c1-5-8-17(10-15(19)16(3)4)14-7-6-13(11-18)12(2)9-14/h6-7,9,18H,5,8,10-11H2,1-4H3. The molecule has 4 nitrogen and oxygen atoms in total. The summed E-state index contributed by atoms with van der Waals surface area (Å²) < 4.78 is 0. The quantitative estimate of drug-likeness (QED) is 0.852. The van der Waals surface area contributed by atoms with Crippen molar-refractivity contribution in [3.63, 3.8) is 0 Å². The number of aryl methyl sites for hydroxylation is 1. The molecule has 0 aliphatic heterocycles. The van der Waals surface area contributed by atoms with Crippen LogP contribution in [0.5, 0.6) is 0 Å². The second kappa shape index (κ2) is 7.14. The van der Waals surface area contributed by atoms with E-state index in [9.17, 15) is 9.90 Å². The lowest BCUT2D eigenvalue weighted by Crippen LogP contribution is -2.37. The number of carbonyl (C=O) groups is 1. The predicted molar refractivity (Wildman–Crippen MR) is 78.3 cm³/mol. The topological polar surface area (TPSA) is 43.8 Å². The lowest BCUT2D eigenvalue weighted by Gasteiger charge is -2.26. The van der Waals surface area contributed by atoms with Gasteiger partial charge in [0.2, 0.25) is 5.91 Å². The first-order chi connectivity index (χ1) is 8.99. The summed E-state index contributed by atoms with van der Waals surface area (Å²) in [6.07, 6.45) is 0.988. The van der Waals surface area contributed by atoms with E-state index in [0.717, 1.165) is 29.8 Å². The van der Waals surface area contributed by atoms with E-state index in [-0.39, 0.29) is 12.5 Å². The van der Waals surface area contributed by atoms with E-state index in [1.807, 2.05) is 25.1 Å². The molecule has 0 spiro atoms. The highest BCUT2D eigenvalue weighted by atomic mass is 16.3. The number of aliphatic hydroxyl groups excluding tert-OH is 1. The summed E-state index contributed by atoms with van der Waals surface area (Å²) in [5, 5.41) is 9.20. The van der Waals surface area contributed by atoms with Crippen molar-refractivity contribution < 1.29 is 9.90 Å². The van der Waals surface area contributed by atoms with E-state index in [1.165, 1.54) is 0 Å². The fourth-order valence-corrected chi connectivity index (χ4v) is 1.93. The lowest BCUT2D eigenvalue weighted by molar-refractivity contribution is -0.127. The Kier molecular flexibility index (Phi) is 5.83. The minimum absolute atomic E-state index is 0.0521. The number of anilines is 1. The minimum atomic E-state index is 0.0521. The zero-order chi connectivity index (χ0) is 14.4. The molecule has 0 unspecified atom stereocenters. The van der Waals surface area contributed by atoms with E-state index in [1.54, 1.807) is 19.0 Å². The van der Waals surface area contributed by atoms with Gasteiger partial charge in [0, 0.05) is 26.3 Å². The van der Waals surface area contributed by atoms with Crippen LogP contribution in [0.3, 0.4) is 0 Å². The molecule has 0 atom stereocenters. The molecule has 0 heterocycles. The Hall–Kier alpha value is -1.55. The summed E-state index contributed by atoms with van der Waals surface area (Å²) in [7, 11) is 3.54. The van der Waals surface area contributed by atoms with Gasteiger partial charge in [0.1, 0.15) is 0 Å². The van der Waals surface area contributed by atoms with Crippen LogP contribution in [0, 0.1) is 6.92 Å². The molecule has 0 aliphatic carbocycles. The molecule has 106 valence electrons. The van der Waals surface area contributed by atoms with Crippen LogP contribution in [-0.4, -0.2) is 43.1 Å². The third kappa shape index (κ3) is 4.24. The van der Waals surface area contributed by atoms with Crippen LogP contribution < -0.4 is 4.90 Å². The molecule has 0 aliphatic rings. The van der Waals surface area contributed by atoms with Gasteiger partial charge in [-0.05, 0) is 36.6 Å². The summed E-state index contributed by atoms with van der Waals surface area (Å²) in [5.74, 6) is 0.0948. The van der Waals surface area contributed by atoms with Crippen molar-refractivity contribution in [3.8, 4) is 0 Å². The van der Waals surface area contributed by atoms with Crippen LogP contribution in [-0.2, 0) is 11.4 Å². The van der Waals surface area contributed by atoms with Gasteiger partial charge in [0.05, 0.1) is 13.2 Å². The van der Waals surface area contributed by atoms with Crippen LogP contribution in [0.4, 0.5) is 5.69 Å². The monoisotopic (exact) mass is 264 g/mol. The van der Waals surface area contributed by atoms with Crippen molar-refractivity contribution in [3.05, 3.63) is 29.3 Å². The van der Waals surface area contributed by atoms with Crippen molar-refractivity contribution in [1.29, 1.82) is 0 Å². The van der Waals surface area contributed by atoms with Gasteiger partial charge in [-0.15, -0.1) is 0 Å². The minimum Gasteiger partial charge on any atom is -0.392 e. The summed E-state index contributed by atoms with van der Waals surface area (Å²) in [6.45, 7) is 5.36. The average molecular weight is 264 g/mol. The third-order valence-corrected chi connectivity index (χ3v) is 3.18. The fourth-order valence-electron chi connectivity index (χ4n) is 1.93. The Morgan fingerprint density at radius 3 is 2.47 bits per heavy atom. The summed E-state index contributed by atoms with van der Waals surface area (Å²) in [5.41, 5.74) is 3.02. The first-order valence-electron chi connectivity index (χ1n) is 6.65. The van der Waals surface area contributed by atoms with E-state index in [4.69, 9.17) is 0 Å². The Labute approximate surface area is 115 Å². The SMILES string of the molecule is CCCN(CC(=O)N(C)C)c1ccc(CO)c(C)c1. The number of aliphatic hydroxyl groups is 1. The molecule has 0 bridgehead atoms. The molecule has 0 saturated carbocycles. The highest BCUT2D eigenvalue weighted by Gasteiger charge is 2.13. The Bertz CT molecular complexity index is 430.